The molecule has 0 aromatic carbocycles. The summed E-state index contributed by atoms with van der Waals surface area (Å²) in [6, 6.07) is 0. The third-order valence-corrected chi connectivity index (χ3v) is 3.48. The highest BCUT2D eigenvalue weighted by atomic mass is 16.5. The van der Waals surface area contributed by atoms with Crippen LogP contribution in [0.1, 0.15) is 54.9 Å². The summed E-state index contributed by atoms with van der Waals surface area (Å²) in [7, 11) is 0. The molecule has 0 saturated carbocycles. The molecule has 0 saturated heterocycles. The van der Waals surface area contributed by atoms with Gasteiger partial charge in [-0.2, -0.15) is 0 Å². The van der Waals surface area contributed by atoms with E-state index in [1.165, 1.54) is 0 Å². The Hall–Kier alpha value is -1.85. The highest BCUT2D eigenvalue weighted by molar-refractivity contribution is 5.96. The van der Waals surface area contributed by atoms with Crippen molar-refractivity contribution < 1.29 is 19.2 Å². The van der Waals surface area contributed by atoms with Crippen LogP contribution < -0.4 is 5.32 Å². The van der Waals surface area contributed by atoms with Gasteiger partial charge in [0.05, 0.1) is 17.7 Å². The molecule has 6 nitrogen and oxygen atoms in total. The van der Waals surface area contributed by atoms with Crippen LogP contribution in [0.25, 0.3) is 0 Å². The third kappa shape index (κ3) is 3.33. The van der Waals surface area contributed by atoms with Crippen molar-refractivity contribution in [3.63, 3.8) is 0 Å². The first-order valence-corrected chi connectivity index (χ1v) is 6.32. The van der Waals surface area contributed by atoms with Crippen LogP contribution in [0.4, 0.5) is 0 Å². The molecule has 0 atom stereocenters. The Bertz CT molecular complexity index is 455. The standard InChI is InChI=1S/C13H20N2O4/c1-5-13(6-2,7-10(16)17)14-12(18)11-8(3)15-19-9(11)4/h5-7H2,1-4H3,(H,14,18)(H,16,17). The van der Waals surface area contributed by atoms with Gasteiger partial charge in [-0.1, -0.05) is 19.0 Å². The molecule has 0 aliphatic carbocycles. The maximum absolute atomic E-state index is 12.3. The topological polar surface area (TPSA) is 92.4 Å². The first-order valence-electron chi connectivity index (χ1n) is 6.32. The molecule has 1 aromatic rings. The van der Waals surface area contributed by atoms with Gasteiger partial charge < -0.3 is 14.9 Å². The Balaban J connectivity index is 2.97. The molecular weight excluding hydrogens is 248 g/mol. The number of nitrogens with one attached hydrogen (secondary N) is 1. The normalized spacial score (nSPS) is 11.4. The van der Waals surface area contributed by atoms with Crippen molar-refractivity contribution in [2.24, 2.45) is 0 Å². The van der Waals surface area contributed by atoms with E-state index in [-0.39, 0.29) is 12.3 Å². The van der Waals surface area contributed by atoms with Crippen LogP contribution in [0.2, 0.25) is 0 Å². The monoisotopic (exact) mass is 268 g/mol. The van der Waals surface area contributed by atoms with Crippen molar-refractivity contribution in [3.8, 4) is 0 Å². The SMILES string of the molecule is CCC(CC)(CC(=O)O)NC(=O)c1c(C)noc1C. The van der Waals surface area contributed by atoms with E-state index in [1.807, 2.05) is 13.8 Å². The molecule has 1 amide bonds. The lowest BCUT2D eigenvalue weighted by Gasteiger charge is -2.31. The summed E-state index contributed by atoms with van der Waals surface area (Å²) >= 11 is 0. The number of nitrogens with zero attached hydrogens (tertiary/aromatic N) is 1. The average molecular weight is 268 g/mol. The summed E-state index contributed by atoms with van der Waals surface area (Å²) in [5.41, 5.74) is 0.155. The highest BCUT2D eigenvalue weighted by Gasteiger charge is 2.32. The molecule has 0 fully saturated rings. The molecular formula is C13H20N2O4. The van der Waals surface area contributed by atoms with Crippen molar-refractivity contribution >= 4 is 11.9 Å². The van der Waals surface area contributed by atoms with E-state index in [2.05, 4.69) is 10.5 Å². The Morgan fingerprint density at radius 3 is 2.26 bits per heavy atom. The number of hydrogen-bond acceptors (Lipinski definition) is 4. The second-order valence-electron chi connectivity index (χ2n) is 4.71. The molecule has 0 radical (unpaired) electrons. The lowest BCUT2D eigenvalue weighted by molar-refractivity contribution is -0.138. The van der Waals surface area contributed by atoms with Gasteiger partial charge in [-0.15, -0.1) is 0 Å². The number of carboxylic acids is 1. The highest BCUT2D eigenvalue weighted by Crippen LogP contribution is 2.22. The molecule has 0 spiro atoms. The fourth-order valence-electron chi connectivity index (χ4n) is 2.12. The first kappa shape index (κ1) is 15.2. The van der Waals surface area contributed by atoms with Gasteiger partial charge in [-0.25, -0.2) is 0 Å². The van der Waals surface area contributed by atoms with Crippen LogP contribution in [0.5, 0.6) is 0 Å². The van der Waals surface area contributed by atoms with Crippen LogP contribution in [0, 0.1) is 13.8 Å². The smallest absolute Gasteiger partial charge is 0.305 e. The zero-order chi connectivity index (χ0) is 14.6. The van der Waals surface area contributed by atoms with Crippen LogP contribution in [0.15, 0.2) is 4.52 Å². The lowest BCUT2D eigenvalue weighted by atomic mass is 9.88. The molecule has 106 valence electrons. The summed E-state index contributed by atoms with van der Waals surface area (Å²) in [4.78, 5) is 23.2. The van der Waals surface area contributed by atoms with Gasteiger partial charge in [0.25, 0.3) is 5.91 Å². The zero-order valence-electron chi connectivity index (χ0n) is 11.7. The Morgan fingerprint density at radius 1 is 1.32 bits per heavy atom. The van der Waals surface area contributed by atoms with E-state index in [9.17, 15) is 9.59 Å². The molecule has 1 rings (SSSR count). The van der Waals surface area contributed by atoms with Crippen molar-refractivity contribution in [1.82, 2.24) is 10.5 Å². The summed E-state index contributed by atoms with van der Waals surface area (Å²) in [5, 5.41) is 15.5. The fraction of sp³-hybridized carbons (Fsp3) is 0.615. The van der Waals surface area contributed by atoms with Crippen molar-refractivity contribution in [1.29, 1.82) is 0 Å². The average Bonchev–Trinajstić information content (AvgIpc) is 2.67. The lowest BCUT2D eigenvalue weighted by Crippen LogP contribution is -2.49. The Labute approximate surface area is 112 Å². The largest absolute Gasteiger partial charge is 0.481 e. The number of rotatable bonds is 6. The van der Waals surface area contributed by atoms with Gasteiger partial charge in [-0.3, -0.25) is 9.59 Å². The summed E-state index contributed by atoms with van der Waals surface area (Å²) < 4.78 is 4.95. The van der Waals surface area contributed by atoms with E-state index in [4.69, 9.17) is 9.63 Å². The minimum absolute atomic E-state index is 0.102. The van der Waals surface area contributed by atoms with Gasteiger partial charge in [0.1, 0.15) is 11.3 Å². The number of aryl methyl sites for hydroxylation is 2. The Kier molecular flexibility index (Phi) is 4.69. The van der Waals surface area contributed by atoms with Crippen molar-refractivity contribution in [2.45, 2.75) is 52.5 Å². The second-order valence-corrected chi connectivity index (χ2v) is 4.71. The number of carboxylic acid groups (broad SMARTS) is 1. The van der Waals surface area contributed by atoms with Crippen molar-refractivity contribution in [3.05, 3.63) is 17.0 Å². The maximum atomic E-state index is 12.3. The molecule has 2 N–H and O–H groups in total. The van der Waals surface area contributed by atoms with E-state index in [0.29, 0.717) is 29.9 Å². The predicted molar refractivity (Wildman–Crippen MR) is 69.0 cm³/mol. The van der Waals surface area contributed by atoms with Crippen LogP contribution in [-0.4, -0.2) is 27.7 Å². The predicted octanol–water partition coefficient (Wildman–Crippen LogP) is 2.05. The molecule has 19 heavy (non-hydrogen) atoms. The van der Waals surface area contributed by atoms with Gasteiger partial charge in [0.15, 0.2) is 0 Å². The first-order chi connectivity index (χ1) is 8.85. The van der Waals surface area contributed by atoms with Crippen LogP contribution >= 0.6 is 0 Å². The molecule has 0 aliphatic heterocycles. The minimum Gasteiger partial charge on any atom is -0.481 e. The minimum atomic E-state index is -0.928. The van der Waals surface area contributed by atoms with Crippen LogP contribution in [-0.2, 0) is 4.79 Å². The van der Waals surface area contributed by atoms with E-state index in [0.717, 1.165) is 0 Å². The van der Waals surface area contributed by atoms with Gasteiger partial charge in [0, 0.05) is 0 Å². The third-order valence-electron chi connectivity index (χ3n) is 3.48. The molecule has 0 aliphatic rings. The quantitative estimate of drug-likeness (QED) is 0.823. The van der Waals surface area contributed by atoms with E-state index < -0.39 is 11.5 Å². The maximum Gasteiger partial charge on any atom is 0.305 e. The van der Waals surface area contributed by atoms with Gasteiger partial charge in [0.2, 0.25) is 0 Å². The number of amides is 1. The number of carbonyl (C=O) groups is 2. The summed E-state index contributed by atoms with van der Waals surface area (Å²) in [5.74, 6) is -0.824. The molecule has 0 unspecified atom stereocenters. The Morgan fingerprint density at radius 2 is 1.89 bits per heavy atom. The van der Waals surface area contributed by atoms with E-state index in [1.54, 1.807) is 13.8 Å². The van der Waals surface area contributed by atoms with Gasteiger partial charge >= 0.3 is 5.97 Å². The number of aliphatic carboxylic acids is 1. The number of carbonyl (C=O) groups excluding carboxylic acids is 1. The second kappa shape index (κ2) is 5.86. The summed E-state index contributed by atoms with van der Waals surface area (Å²) in [6.45, 7) is 7.06. The number of hydrogen-bond donors (Lipinski definition) is 2. The molecule has 6 heteroatoms. The summed E-state index contributed by atoms with van der Waals surface area (Å²) in [6.07, 6.45) is 0.991. The van der Waals surface area contributed by atoms with Crippen LogP contribution in [0.3, 0.4) is 0 Å². The molecule has 1 heterocycles. The number of aromatic nitrogens is 1. The molecule has 0 bridgehead atoms. The van der Waals surface area contributed by atoms with Crippen molar-refractivity contribution in [2.75, 3.05) is 0 Å². The van der Waals surface area contributed by atoms with E-state index >= 15 is 0 Å². The zero-order valence-corrected chi connectivity index (χ0v) is 11.7. The van der Waals surface area contributed by atoms with Gasteiger partial charge in [-0.05, 0) is 26.7 Å². The fourth-order valence-corrected chi connectivity index (χ4v) is 2.12. The molecule has 1 aromatic heterocycles.